The van der Waals surface area contributed by atoms with Crippen LogP contribution in [0.4, 0.5) is 0 Å². The Balaban J connectivity index is 2.12. The first-order chi connectivity index (χ1) is 8.08. The maximum Gasteiger partial charge on any atom is 0.110 e. The van der Waals surface area contributed by atoms with Crippen molar-refractivity contribution in [1.29, 1.82) is 0 Å². The summed E-state index contributed by atoms with van der Waals surface area (Å²) in [6.07, 6.45) is 4.12. The van der Waals surface area contributed by atoms with E-state index >= 15 is 0 Å². The smallest absolute Gasteiger partial charge is 0.110 e. The van der Waals surface area contributed by atoms with Crippen LogP contribution in [-0.2, 0) is 0 Å². The number of hydrogen-bond donors (Lipinski definition) is 1. The highest BCUT2D eigenvalue weighted by molar-refractivity contribution is 7.09. The number of nitrogens with zero attached hydrogens (tertiary/aromatic N) is 1. The predicted molar refractivity (Wildman–Crippen MR) is 74.6 cm³/mol. The number of thiazole rings is 1. The molecule has 1 aromatic heterocycles. The maximum absolute atomic E-state index is 4.82. The van der Waals surface area contributed by atoms with E-state index < -0.39 is 0 Å². The van der Waals surface area contributed by atoms with Crippen molar-refractivity contribution >= 4 is 11.3 Å². The van der Waals surface area contributed by atoms with Gasteiger partial charge in [0, 0.05) is 11.4 Å². The second-order valence-electron chi connectivity index (χ2n) is 5.76. The molecular weight excluding hydrogens is 228 g/mol. The fraction of sp³-hybridized carbons (Fsp3) is 0.786. The number of hydrogen-bond acceptors (Lipinski definition) is 3. The van der Waals surface area contributed by atoms with E-state index in [1.165, 1.54) is 30.0 Å². The van der Waals surface area contributed by atoms with Crippen LogP contribution in [0.1, 0.15) is 69.6 Å². The van der Waals surface area contributed by atoms with Crippen LogP contribution in [0.2, 0.25) is 0 Å². The average Bonchev–Trinajstić information content (AvgIpc) is 2.61. The van der Waals surface area contributed by atoms with Crippen LogP contribution in [-0.4, -0.2) is 11.0 Å². The average molecular weight is 252 g/mol. The summed E-state index contributed by atoms with van der Waals surface area (Å²) in [5.74, 6) is 1.35. The second kappa shape index (κ2) is 5.49. The summed E-state index contributed by atoms with van der Waals surface area (Å²) in [4.78, 5) is 4.82. The molecule has 1 aliphatic carbocycles. The van der Waals surface area contributed by atoms with Crippen LogP contribution in [0, 0.1) is 5.92 Å². The predicted octanol–water partition coefficient (Wildman–Crippen LogP) is 4.11. The van der Waals surface area contributed by atoms with Gasteiger partial charge in [-0.15, -0.1) is 11.3 Å². The molecule has 1 atom stereocenters. The Morgan fingerprint density at radius 2 is 2.00 bits per heavy atom. The van der Waals surface area contributed by atoms with Gasteiger partial charge in [0.15, 0.2) is 0 Å². The summed E-state index contributed by atoms with van der Waals surface area (Å²) >= 11 is 1.83. The van der Waals surface area contributed by atoms with Crippen LogP contribution in [0.3, 0.4) is 0 Å². The first-order valence-corrected chi connectivity index (χ1v) is 7.67. The number of aromatic nitrogens is 1. The Morgan fingerprint density at radius 3 is 2.41 bits per heavy atom. The zero-order valence-electron chi connectivity index (χ0n) is 11.4. The van der Waals surface area contributed by atoms with E-state index in [9.17, 15) is 0 Å². The van der Waals surface area contributed by atoms with Crippen molar-refractivity contribution in [3.63, 3.8) is 0 Å². The molecule has 17 heavy (non-hydrogen) atoms. The Bertz CT molecular complexity index is 353. The summed E-state index contributed by atoms with van der Waals surface area (Å²) < 4.78 is 0. The van der Waals surface area contributed by atoms with Gasteiger partial charge in [-0.05, 0) is 24.7 Å². The SMILES string of the molecule is CC(C)NC(c1nc(C(C)C)cs1)C1CCC1. The van der Waals surface area contributed by atoms with Crippen molar-refractivity contribution in [3.05, 3.63) is 16.1 Å². The summed E-state index contributed by atoms with van der Waals surface area (Å²) in [5, 5.41) is 7.23. The highest BCUT2D eigenvalue weighted by Gasteiger charge is 2.30. The van der Waals surface area contributed by atoms with Crippen molar-refractivity contribution in [2.24, 2.45) is 5.92 Å². The van der Waals surface area contributed by atoms with Crippen LogP contribution >= 0.6 is 11.3 Å². The summed E-state index contributed by atoms with van der Waals surface area (Å²) in [6, 6.07) is 1.02. The fourth-order valence-electron chi connectivity index (χ4n) is 2.25. The van der Waals surface area contributed by atoms with E-state index in [2.05, 4.69) is 38.4 Å². The Hall–Kier alpha value is -0.410. The minimum atomic E-state index is 0.487. The van der Waals surface area contributed by atoms with Gasteiger partial charge in [-0.1, -0.05) is 34.1 Å². The lowest BCUT2D eigenvalue weighted by Gasteiger charge is -2.34. The van der Waals surface area contributed by atoms with Gasteiger partial charge in [-0.3, -0.25) is 0 Å². The van der Waals surface area contributed by atoms with Crippen molar-refractivity contribution in [3.8, 4) is 0 Å². The normalized spacial score (nSPS) is 18.7. The Kier molecular flexibility index (Phi) is 4.21. The van der Waals surface area contributed by atoms with Crippen molar-refractivity contribution in [2.45, 2.75) is 65.0 Å². The first-order valence-electron chi connectivity index (χ1n) is 6.79. The molecule has 1 N–H and O–H groups in total. The molecule has 0 aliphatic heterocycles. The van der Waals surface area contributed by atoms with Crippen molar-refractivity contribution in [1.82, 2.24) is 10.3 Å². The molecule has 0 spiro atoms. The second-order valence-corrected chi connectivity index (χ2v) is 6.65. The molecule has 1 saturated carbocycles. The van der Waals surface area contributed by atoms with Gasteiger partial charge in [0.2, 0.25) is 0 Å². The molecule has 1 unspecified atom stereocenters. The molecule has 2 nitrogen and oxygen atoms in total. The van der Waals surface area contributed by atoms with Gasteiger partial charge in [-0.25, -0.2) is 4.98 Å². The van der Waals surface area contributed by atoms with Crippen LogP contribution < -0.4 is 5.32 Å². The lowest BCUT2D eigenvalue weighted by Crippen LogP contribution is -2.36. The van der Waals surface area contributed by atoms with Crippen LogP contribution in [0.25, 0.3) is 0 Å². The quantitative estimate of drug-likeness (QED) is 0.853. The lowest BCUT2D eigenvalue weighted by atomic mass is 9.79. The van der Waals surface area contributed by atoms with Gasteiger partial charge in [0.1, 0.15) is 5.01 Å². The van der Waals surface area contributed by atoms with Gasteiger partial charge in [-0.2, -0.15) is 0 Å². The largest absolute Gasteiger partial charge is 0.305 e. The zero-order valence-corrected chi connectivity index (χ0v) is 12.2. The third kappa shape index (κ3) is 3.08. The highest BCUT2D eigenvalue weighted by atomic mass is 32.1. The third-order valence-corrected chi connectivity index (χ3v) is 4.48. The molecule has 1 aliphatic rings. The molecule has 1 fully saturated rings. The van der Waals surface area contributed by atoms with E-state index in [1.54, 1.807) is 0 Å². The van der Waals surface area contributed by atoms with Crippen molar-refractivity contribution in [2.75, 3.05) is 0 Å². The van der Waals surface area contributed by atoms with Gasteiger partial charge in [0.25, 0.3) is 0 Å². The van der Waals surface area contributed by atoms with Gasteiger partial charge >= 0.3 is 0 Å². The molecule has 96 valence electrons. The maximum atomic E-state index is 4.82. The molecule has 0 amide bonds. The summed E-state index contributed by atoms with van der Waals surface area (Å²) in [7, 11) is 0. The van der Waals surface area contributed by atoms with E-state index in [0.717, 1.165) is 5.92 Å². The monoisotopic (exact) mass is 252 g/mol. The molecule has 0 bridgehead atoms. The molecule has 2 rings (SSSR count). The molecule has 0 radical (unpaired) electrons. The summed E-state index contributed by atoms with van der Waals surface area (Å²) in [5.41, 5.74) is 1.25. The molecule has 1 heterocycles. The number of rotatable bonds is 5. The highest BCUT2D eigenvalue weighted by Crippen LogP contribution is 2.39. The van der Waals surface area contributed by atoms with E-state index in [1.807, 2.05) is 11.3 Å². The number of nitrogens with one attached hydrogen (secondary N) is 1. The Labute approximate surface area is 109 Å². The van der Waals surface area contributed by atoms with Crippen LogP contribution in [0.15, 0.2) is 5.38 Å². The molecular formula is C14H24N2S. The standard InChI is InChI=1S/C14H24N2S/c1-9(2)12-8-17-14(16-12)13(15-10(3)4)11-6-5-7-11/h8-11,13,15H,5-7H2,1-4H3. The molecule has 1 aromatic rings. The fourth-order valence-corrected chi connectivity index (χ4v) is 3.38. The topological polar surface area (TPSA) is 24.9 Å². The third-order valence-electron chi connectivity index (χ3n) is 3.53. The van der Waals surface area contributed by atoms with Gasteiger partial charge < -0.3 is 5.32 Å². The Morgan fingerprint density at radius 1 is 1.29 bits per heavy atom. The van der Waals surface area contributed by atoms with Crippen molar-refractivity contribution < 1.29 is 0 Å². The van der Waals surface area contributed by atoms with Gasteiger partial charge in [0.05, 0.1) is 11.7 Å². The molecule has 0 saturated heterocycles. The zero-order chi connectivity index (χ0) is 12.4. The molecule has 3 heteroatoms. The minimum absolute atomic E-state index is 0.487. The summed E-state index contributed by atoms with van der Waals surface area (Å²) in [6.45, 7) is 8.88. The van der Waals surface area contributed by atoms with E-state index in [-0.39, 0.29) is 0 Å². The minimum Gasteiger partial charge on any atom is -0.305 e. The van der Waals surface area contributed by atoms with E-state index in [0.29, 0.717) is 18.0 Å². The first kappa shape index (κ1) is 13.0. The van der Waals surface area contributed by atoms with E-state index in [4.69, 9.17) is 4.98 Å². The molecule has 0 aromatic carbocycles. The van der Waals surface area contributed by atoms with Crippen LogP contribution in [0.5, 0.6) is 0 Å². The lowest BCUT2D eigenvalue weighted by molar-refractivity contribution is 0.221.